The number of nitrogens with zero attached hydrogens (tertiary/aromatic N) is 1. The summed E-state index contributed by atoms with van der Waals surface area (Å²) in [7, 11) is 0. The van der Waals surface area contributed by atoms with Crippen molar-refractivity contribution < 1.29 is 14.3 Å². The van der Waals surface area contributed by atoms with Gasteiger partial charge in [-0.1, -0.05) is 19.9 Å². The van der Waals surface area contributed by atoms with Crippen LogP contribution in [0.25, 0.3) is 10.8 Å². The molecule has 22 heavy (non-hydrogen) atoms. The number of carbonyl (C=O) groups is 1. The molecule has 3 N–H and O–H groups in total. The van der Waals surface area contributed by atoms with E-state index in [1.54, 1.807) is 11.3 Å². The zero-order chi connectivity index (χ0) is 15.9. The van der Waals surface area contributed by atoms with Crippen molar-refractivity contribution in [1.29, 1.82) is 0 Å². The van der Waals surface area contributed by atoms with Gasteiger partial charge in [-0.15, -0.1) is 11.3 Å². The third-order valence-corrected chi connectivity index (χ3v) is 3.81. The minimum Gasteiger partial charge on any atom is -0.443 e. The van der Waals surface area contributed by atoms with E-state index in [4.69, 9.17) is 4.42 Å². The fourth-order valence-electron chi connectivity index (χ4n) is 1.97. The molecular weight excluding hydrogens is 302 g/mol. The number of nitrogens with one attached hydrogen (secondary N) is 2. The molecule has 2 rings (SSSR count). The van der Waals surface area contributed by atoms with Crippen LogP contribution >= 0.6 is 11.3 Å². The van der Waals surface area contributed by atoms with Crippen molar-refractivity contribution in [2.45, 2.75) is 32.9 Å². The monoisotopic (exact) mass is 323 g/mol. The van der Waals surface area contributed by atoms with Crippen molar-refractivity contribution in [2.24, 2.45) is 5.92 Å². The number of carbonyl (C=O) groups excluding carboxylic acids is 1. The molecule has 120 valence electrons. The molecule has 7 heteroatoms. The smallest absolute Gasteiger partial charge is 0.315 e. The van der Waals surface area contributed by atoms with Crippen molar-refractivity contribution in [3.8, 4) is 10.8 Å². The fourth-order valence-corrected chi connectivity index (χ4v) is 2.63. The summed E-state index contributed by atoms with van der Waals surface area (Å²) in [6, 6.07) is 3.53. The van der Waals surface area contributed by atoms with Gasteiger partial charge in [0.05, 0.1) is 23.2 Å². The average molecular weight is 323 g/mol. The van der Waals surface area contributed by atoms with Crippen LogP contribution in [0.2, 0.25) is 0 Å². The average Bonchev–Trinajstić information content (AvgIpc) is 3.12. The van der Waals surface area contributed by atoms with Gasteiger partial charge in [0.25, 0.3) is 0 Å². The van der Waals surface area contributed by atoms with Crippen molar-refractivity contribution in [3.63, 3.8) is 0 Å². The molecule has 2 aromatic rings. The summed E-state index contributed by atoms with van der Waals surface area (Å²) in [4.78, 5) is 16.9. The first-order chi connectivity index (χ1) is 10.5. The normalized spacial score (nSPS) is 12.4. The number of urea groups is 1. The van der Waals surface area contributed by atoms with E-state index in [0.717, 1.165) is 4.88 Å². The van der Waals surface area contributed by atoms with Gasteiger partial charge in [-0.25, -0.2) is 9.78 Å². The van der Waals surface area contributed by atoms with Crippen LogP contribution in [0.1, 0.15) is 26.0 Å². The Hall–Kier alpha value is -1.86. The summed E-state index contributed by atoms with van der Waals surface area (Å²) < 4.78 is 5.37. The van der Waals surface area contributed by atoms with Gasteiger partial charge in [-0.3, -0.25) is 0 Å². The molecule has 2 aromatic heterocycles. The minimum absolute atomic E-state index is 0.239. The van der Waals surface area contributed by atoms with Gasteiger partial charge in [0.15, 0.2) is 0 Å². The van der Waals surface area contributed by atoms with Crippen molar-refractivity contribution >= 4 is 17.4 Å². The molecule has 0 saturated carbocycles. The number of amides is 2. The molecule has 0 aromatic carbocycles. The van der Waals surface area contributed by atoms with Gasteiger partial charge in [-0.05, 0) is 23.8 Å². The molecule has 2 amide bonds. The van der Waals surface area contributed by atoms with Crippen LogP contribution < -0.4 is 10.6 Å². The van der Waals surface area contributed by atoms with E-state index >= 15 is 0 Å². The molecule has 0 fully saturated rings. The number of hydrogen-bond donors (Lipinski definition) is 3. The van der Waals surface area contributed by atoms with E-state index in [9.17, 15) is 9.90 Å². The molecule has 0 radical (unpaired) electrons. The van der Waals surface area contributed by atoms with E-state index in [1.807, 2.05) is 31.4 Å². The van der Waals surface area contributed by atoms with Gasteiger partial charge in [0.2, 0.25) is 5.89 Å². The second-order valence-electron chi connectivity index (χ2n) is 5.47. The highest BCUT2D eigenvalue weighted by atomic mass is 32.1. The van der Waals surface area contributed by atoms with Crippen LogP contribution in [0.5, 0.6) is 0 Å². The van der Waals surface area contributed by atoms with Gasteiger partial charge in [0, 0.05) is 6.54 Å². The molecule has 0 spiro atoms. The standard InChI is InChI=1S/C15H21N3O3S/c1-10(2)6-12(19)8-17-15(20)16-7-11-9-21-14(18-11)13-4-3-5-22-13/h3-5,9-10,12,19H,6-8H2,1-2H3,(H2,16,17,20). The second-order valence-corrected chi connectivity index (χ2v) is 6.42. The van der Waals surface area contributed by atoms with E-state index in [2.05, 4.69) is 15.6 Å². The van der Waals surface area contributed by atoms with Crippen LogP contribution in [0.3, 0.4) is 0 Å². The molecule has 0 aliphatic rings. The van der Waals surface area contributed by atoms with Gasteiger partial charge >= 0.3 is 6.03 Å². The predicted molar refractivity (Wildman–Crippen MR) is 85.5 cm³/mol. The quantitative estimate of drug-likeness (QED) is 0.731. The van der Waals surface area contributed by atoms with Crippen LogP contribution in [0, 0.1) is 5.92 Å². The molecule has 2 heterocycles. The summed E-state index contributed by atoms with van der Waals surface area (Å²) in [6.45, 7) is 4.57. The molecular formula is C15H21N3O3S. The SMILES string of the molecule is CC(C)CC(O)CNC(=O)NCc1coc(-c2cccs2)n1. The lowest BCUT2D eigenvalue weighted by atomic mass is 10.1. The minimum atomic E-state index is -0.525. The highest BCUT2D eigenvalue weighted by Crippen LogP contribution is 2.23. The molecule has 1 atom stereocenters. The number of hydrogen-bond acceptors (Lipinski definition) is 5. The van der Waals surface area contributed by atoms with Crippen LogP contribution in [0.4, 0.5) is 4.79 Å². The van der Waals surface area contributed by atoms with E-state index in [1.165, 1.54) is 6.26 Å². The molecule has 0 saturated heterocycles. The Balaban J connectivity index is 1.72. The first kappa shape index (κ1) is 16.5. The predicted octanol–water partition coefficient (Wildman–Crippen LogP) is 2.61. The summed E-state index contributed by atoms with van der Waals surface area (Å²) in [5, 5.41) is 17.0. The molecule has 0 bridgehead atoms. The number of thiophene rings is 1. The van der Waals surface area contributed by atoms with E-state index in [-0.39, 0.29) is 19.1 Å². The van der Waals surface area contributed by atoms with E-state index in [0.29, 0.717) is 23.9 Å². The van der Waals surface area contributed by atoms with Gasteiger partial charge in [-0.2, -0.15) is 0 Å². The van der Waals surface area contributed by atoms with Crippen LogP contribution in [-0.4, -0.2) is 28.8 Å². The maximum atomic E-state index is 11.7. The number of rotatable bonds is 7. The number of oxazole rings is 1. The summed E-state index contributed by atoms with van der Waals surface area (Å²) in [5.74, 6) is 0.949. The maximum absolute atomic E-state index is 11.7. The lowest BCUT2D eigenvalue weighted by Gasteiger charge is -2.13. The van der Waals surface area contributed by atoms with Crippen molar-refractivity contribution in [1.82, 2.24) is 15.6 Å². The summed E-state index contributed by atoms with van der Waals surface area (Å²) in [5.41, 5.74) is 0.654. The third-order valence-electron chi connectivity index (χ3n) is 2.96. The van der Waals surface area contributed by atoms with Crippen molar-refractivity contribution in [3.05, 3.63) is 29.5 Å². The summed E-state index contributed by atoms with van der Waals surface area (Å²) >= 11 is 1.55. The van der Waals surface area contributed by atoms with Gasteiger partial charge in [0.1, 0.15) is 6.26 Å². The zero-order valence-corrected chi connectivity index (χ0v) is 13.5. The lowest BCUT2D eigenvalue weighted by molar-refractivity contribution is 0.147. The third kappa shape index (κ3) is 5.16. The van der Waals surface area contributed by atoms with Gasteiger partial charge < -0.3 is 20.2 Å². The Kier molecular flexibility index (Phi) is 5.97. The largest absolute Gasteiger partial charge is 0.443 e. The van der Waals surface area contributed by atoms with E-state index < -0.39 is 6.10 Å². The number of aliphatic hydroxyl groups is 1. The Labute approximate surface area is 133 Å². The topological polar surface area (TPSA) is 87.4 Å². The highest BCUT2D eigenvalue weighted by Gasteiger charge is 2.10. The molecule has 0 aliphatic heterocycles. The number of aliphatic hydroxyl groups excluding tert-OH is 1. The Bertz CT molecular complexity index is 581. The van der Waals surface area contributed by atoms with Crippen LogP contribution in [-0.2, 0) is 6.54 Å². The Morgan fingerprint density at radius 1 is 1.45 bits per heavy atom. The second kappa shape index (κ2) is 7.95. The maximum Gasteiger partial charge on any atom is 0.315 e. The van der Waals surface area contributed by atoms with Crippen molar-refractivity contribution in [2.75, 3.05) is 6.54 Å². The fraction of sp³-hybridized carbons (Fsp3) is 0.467. The summed E-state index contributed by atoms with van der Waals surface area (Å²) in [6.07, 6.45) is 1.67. The molecule has 0 aliphatic carbocycles. The highest BCUT2D eigenvalue weighted by molar-refractivity contribution is 7.13. The Morgan fingerprint density at radius 2 is 2.27 bits per heavy atom. The zero-order valence-electron chi connectivity index (χ0n) is 12.7. The lowest BCUT2D eigenvalue weighted by Crippen LogP contribution is -2.39. The number of aromatic nitrogens is 1. The Morgan fingerprint density at radius 3 is 2.95 bits per heavy atom. The molecule has 1 unspecified atom stereocenters. The molecule has 6 nitrogen and oxygen atoms in total. The first-order valence-corrected chi connectivity index (χ1v) is 8.10. The van der Waals surface area contributed by atoms with Crippen LogP contribution in [0.15, 0.2) is 28.2 Å². The first-order valence-electron chi connectivity index (χ1n) is 7.22.